The maximum absolute atomic E-state index is 12.3. The molecular weight excluding hydrogens is 438 g/mol. The van der Waals surface area contributed by atoms with E-state index in [1.54, 1.807) is 6.07 Å². The van der Waals surface area contributed by atoms with E-state index < -0.39 is 20.9 Å². The Labute approximate surface area is 186 Å². The number of nitro groups is 1. The van der Waals surface area contributed by atoms with E-state index in [1.165, 1.54) is 36.4 Å². The van der Waals surface area contributed by atoms with Gasteiger partial charge >= 0.3 is 5.97 Å². The SMILES string of the molecule is CC1CCCN(c2ccc(C(=O)OCCOc3ccc(S(N)(=O)=O)cc3)cc2[N+](=O)[O-])C1. The van der Waals surface area contributed by atoms with Gasteiger partial charge in [0.25, 0.3) is 5.69 Å². The number of piperidine rings is 1. The standard InChI is InChI=1S/C21H25N3O7S/c1-15-3-2-10-23(14-15)19-9-4-16(13-20(19)24(26)27)21(25)31-12-11-30-17-5-7-18(8-6-17)32(22,28)29/h4-9,13,15H,2-3,10-12,14H2,1H3,(H2,22,28,29). The molecule has 0 amide bonds. The van der Waals surface area contributed by atoms with Crippen LogP contribution < -0.4 is 14.8 Å². The molecule has 2 N–H and O–H groups in total. The van der Waals surface area contributed by atoms with Gasteiger partial charge in [0, 0.05) is 19.2 Å². The van der Waals surface area contributed by atoms with Gasteiger partial charge in [-0.1, -0.05) is 6.92 Å². The Morgan fingerprint density at radius 2 is 1.94 bits per heavy atom. The molecule has 32 heavy (non-hydrogen) atoms. The highest BCUT2D eigenvalue weighted by atomic mass is 32.2. The normalized spacial score (nSPS) is 16.4. The first-order chi connectivity index (χ1) is 15.1. The second kappa shape index (κ2) is 9.96. The molecule has 0 aliphatic carbocycles. The summed E-state index contributed by atoms with van der Waals surface area (Å²) in [6.07, 6.45) is 2.06. The van der Waals surface area contributed by atoms with Gasteiger partial charge in [0.05, 0.1) is 15.4 Å². The molecule has 2 aromatic rings. The van der Waals surface area contributed by atoms with E-state index in [9.17, 15) is 23.3 Å². The van der Waals surface area contributed by atoms with Crippen LogP contribution in [-0.2, 0) is 14.8 Å². The van der Waals surface area contributed by atoms with Crippen LogP contribution in [0, 0.1) is 16.0 Å². The summed E-state index contributed by atoms with van der Waals surface area (Å²) in [5.74, 6) is 0.132. The van der Waals surface area contributed by atoms with Gasteiger partial charge in [0.15, 0.2) is 0 Å². The molecule has 0 spiro atoms. The minimum absolute atomic E-state index is 0.0201. The Bertz CT molecular complexity index is 1090. The van der Waals surface area contributed by atoms with Crippen molar-refractivity contribution in [3.63, 3.8) is 0 Å². The number of nitro benzene ring substituents is 1. The van der Waals surface area contributed by atoms with Crippen LogP contribution in [0.15, 0.2) is 47.4 Å². The van der Waals surface area contributed by atoms with Crippen molar-refractivity contribution >= 4 is 27.4 Å². The van der Waals surface area contributed by atoms with Crippen molar-refractivity contribution in [1.82, 2.24) is 0 Å². The Kier molecular flexibility index (Phi) is 7.31. The van der Waals surface area contributed by atoms with Crippen molar-refractivity contribution in [3.8, 4) is 5.75 Å². The van der Waals surface area contributed by atoms with Crippen LogP contribution in [-0.4, -0.2) is 45.6 Å². The molecule has 0 radical (unpaired) electrons. The molecule has 1 fully saturated rings. The fourth-order valence-corrected chi connectivity index (χ4v) is 4.09. The van der Waals surface area contributed by atoms with Crippen molar-refractivity contribution in [2.24, 2.45) is 11.1 Å². The smallest absolute Gasteiger partial charge is 0.338 e. The first kappa shape index (κ1) is 23.5. The zero-order chi connectivity index (χ0) is 23.3. The summed E-state index contributed by atoms with van der Waals surface area (Å²) in [7, 11) is -3.79. The number of benzene rings is 2. The van der Waals surface area contributed by atoms with Crippen molar-refractivity contribution in [2.45, 2.75) is 24.7 Å². The second-order valence-electron chi connectivity index (χ2n) is 7.65. The molecular formula is C21H25N3O7S. The minimum atomic E-state index is -3.79. The quantitative estimate of drug-likeness (QED) is 0.272. The van der Waals surface area contributed by atoms with Crippen molar-refractivity contribution in [2.75, 3.05) is 31.2 Å². The van der Waals surface area contributed by atoms with Gasteiger partial charge in [0.1, 0.15) is 24.7 Å². The molecule has 1 aliphatic rings. The van der Waals surface area contributed by atoms with Crippen LogP contribution in [0.25, 0.3) is 0 Å². The van der Waals surface area contributed by atoms with Crippen LogP contribution in [0.1, 0.15) is 30.1 Å². The maximum atomic E-state index is 12.3. The predicted octanol–water partition coefficient (Wildman–Crippen LogP) is 2.71. The molecule has 0 bridgehead atoms. The summed E-state index contributed by atoms with van der Waals surface area (Å²) >= 11 is 0. The zero-order valence-corrected chi connectivity index (χ0v) is 18.4. The highest BCUT2D eigenvalue weighted by Crippen LogP contribution is 2.32. The molecule has 1 aliphatic heterocycles. The summed E-state index contributed by atoms with van der Waals surface area (Å²) in [5, 5.41) is 16.6. The third kappa shape index (κ3) is 5.95. The third-order valence-electron chi connectivity index (χ3n) is 5.14. The van der Waals surface area contributed by atoms with Crippen molar-refractivity contribution < 1.29 is 27.6 Å². The number of anilines is 1. The fraction of sp³-hybridized carbons (Fsp3) is 0.381. The van der Waals surface area contributed by atoms with Gasteiger partial charge in [-0.25, -0.2) is 18.4 Å². The molecule has 1 heterocycles. The Morgan fingerprint density at radius 3 is 2.56 bits per heavy atom. The van der Waals surface area contributed by atoms with Gasteiger partial charge in [-0.3, -0.25) is 10.1 Å². The second-order valence-corrected chi connectivity index (χ2v) is 9.22. The summed E-state index contributed by atoms with van der Waals surface area (Å²) in [6.45, 7) is 3.52. The van der Waals surface area contributed by atoms with Gasteiger partial charge in [-0.15, -0.1) is 0 Å². The summed E-state index contributed by atoms with van der Waals surface area (Å²) in [4.78, 5) is 25.4. The Morgan fingerprint density at radius 1 is 1.22 bits per heavy atom. The number of rotatable bonds is 8. The van der Waals surface area contributed by atoms with Gasteiger partial charge in [-0.05, 0) is 55.2 Å². The van der Waals surface area contributed by atoms with E-state index in [1.807, 2.05) is 4.90 Å². The summed E-state index contributed by atoms with van der Waals surface area (Å²) in [6, 6.07) is 9.84. The van der Waals surface area contributed by atoms with Crippen molar-refractivity contribution in [3.05, 3.63) is 58.1 Å². The monoisotopic (exact) mass is 463 g/mol. The number of hydrogen-bond donors (Lipinski definition) is 1. The van der Waals surface area contributed by atoms with Gasteiger partial charge in [0.2, 0.25) is 10.0 Å². The van der Waals surface area contributed by atoms with E-state index in [0.717, 1.165) is 25.9 Å². The Balaban J connectivity index is 1.58. The molecule has 2 aromatic carbocycles. The van der Waals surface area contributed by atoms with E-state index in [2.05, 4.69) is 6.92 Å². The lowest BCUT2D eigenvalue weighted by atomic mass is 9.99. The average molecular weight is 464 g/mol. The Hall–Kier alpha value is -3.18. The molecule has 3 rings (SSSR count). The van der Waals surface area contributed by atoms with Crippen molar-refractivity contribution in [1.29, 1.82) is 0 Å². The van der Waals surface area contributed by atoms with Crippen LogP contribution in [0.3, 0.4) is 0 Å². The van der Waals surface area contributed by atoms with Crippen LogP contribution in [0.2, 0.25) is 0 Å². The largest absolute Gasteiger partial charge is 0.490 e. The summed E-state index contributed by atoms with van der Waals surface area (Å²) in [5.41, 5.74) is 0.465. The number of sulfonamides is 1. The number of ether oxygens (including phenoxy) is 2. The van der Waals surface area contributed by atoms with E-state index in [0.29, 0.717) is 17.4 Å². The lowest BCUT2D eigenvalue weighted by molar-refractivity contribution is -0.384. The molecule has 1 atom stereocenters. The first-order valence-corrected chi connectivity index (χ1v) is 11.7. The van der Waals surface area contributed by atoms with Gasteiger partial charge < -0.3 is 14.4 Å². The van der Waals surface area contributed by atoms with Gasteiger partial charge in [-0.2, -0.15) is 0 Å². The molecule has 1 unspecified atom stereocenters. The zero-order valence-electron chi connectivity index (χ0n) is 17.6. The highest BCUT2D eigenvalue weighted by Gasteiger charge is 2.25. The van der Waals surface area contributed by atoms with Crippen LogP contribution in [0.4, 0.5) is 11.4 Å². The number of carbonyl (C=O) groups excluding carboxylic acids is 1. The maximum Gasteiger partial charge on any atom is 0.338 e. The lowest BCUT2D eigenvalue weighted by Crippen LogP contribution is -2.34. The molecule has 172 valence electrons. The van der Waals surface area contributed by atoms with Crippen LogP contribution in [0.5, 0.6) is 5.75 Å². The molecule has 0 aromatic heterocycles. The number of nitrogens with zero attached hydrogens (tertiary/aromatic N) is 2. The number of esters is 1. The topological polar surface area (TPSA) is 142 Å². The number of carbonyl (C=O) groups is 1. The van der Waals surface area contributed by atoms with Crippen LogP contribution >= 0.6 is 0 Å². The van der Waals surface area contributed by atoms with E-state index in [-0.39, 0.29) is 29.4 Å². The molecule has 10 nitrogen and oxygen atoms in total. The summed E-state index contributed by atoms with van der Waals surface area (Å²) < 4.78 is 33.0. The molecule has 11 heteroatoms. The van der Waals surface area contributed by atoms with E-state index in [4.69, 9.17) is 14.6 Å². The number of nitrogens with two attached hydrogens (primary N) is 1. The molecule has 1 saturated heterocycles. The third-order valence-corrected chi connectivity index (χ3v) is 6.07. The van der Waals surface area contributed by atoms with E-state index >= 15 is 0 Å². The highest BCUT2D eigenvalue weighted by molar-refractivity contribution is 7.89. The predicted molar refractivity (Wildman–Crippen MR) is 117 cm³/mol. The average Bonchev–Trinajstić information content (AvgIpc) is 2.76. The number of primary sulfonamides is 1. The molecule has 0 saturated carbocycles. The minimum Gasteiger partial charge on any atom is -0.490 e. The fourth-order valence-electron chi connectivity index (χ4n) is 3.58. The first-order valence-electron chi connectivity index (χ1n) is 10.1. The number of hydrogen-bond acceptors (Lipinski definition) is 8. The lowest BCUT2D eigenvalue weighted by Gasteiger charge is -2.32.